The summed E-state index contributed by atoms with van der Waals surface area (Å²) in [5, 5.41) is 0. The van der Waals surface area contributed by atoms with E-state index in [1.165, 1.54) is 6.07 Å². The van der Waals surface area contributed by atoms with E-state index in [1.807, 2.05) is 18.2 Å². The Labute approximate surface area is 145 Å². The van der Waals surface area contributed by atoms with Crippen LogP contribution in [-0.4, -0.2) is 24.1 Å². The molecule has 0 spiro atoms. The molecule has 0 aromatic heterocycles. The fourth-order valence-electron chi connectivity index (χ4n) is 2.43. The van der Waals surface area contributed by atoms with Crippen molar-refractivity contribution in [3.05, 3.63) is 59.9 Å². The van der Waals surface area contributed by atoms with Crippen LogP contribution in [-0.2, 0) is 19.1 Å². The number of carbonyl (C=O) groups excluding carboxylic acids is 3. The van der Waals surface area contributed by atoms with Gasteiger partial charge in [0.2, 0.25) is 5.78 Å². The lowest BCUT2D eigenvalue weighted by atomic mass is 9.92. The lowest BCUT2D eigenvalue weighted by Gasteiger charge is -2.12. The summed E-state index contributed by atoms with van der Waals surface area (Å²) in [7, 11) is 0. The number of benzene rings is 2. The number of rotatable bonds is 7. The molecule has 5 heteroatoms. The number of hydrogen-bond donors (Lipinski definition) is 0. The van der Waals surface area contributed by atoms with Crippen LogP contribution in [0, 0.1) is 5.82 Å². The van der Waals surface area contributed by atoms with Crippen molar-refractivity contribution in [2.24, 2.45) is 0 Å². The Bertz CT molecular complexity index is 784. The highest BCUT2D eigenvalue weighted by Gasteiger charge is 2.24. The molecule has 130 valence electrons. The van der Waals surface area contributed by atoms with Crippen LogP contribution in [0.15, 0.2) is 48.5 Å². The van der Waals surface area contributed by atoms with E-state index < -0.39 is 35.7 Å². The molecule has 0 bridgehead atoms. The fraction of sp³-hybridized carbons (Fsp3) is 0.250. The van der Waals surface area contributed by atoms with Crippen molar-refractivity contribution >= 4 is 17.5 Å². The van der Waals surface area contributed by atoms with E-state index in [9.17, 15) is 18.8 Å². The Morgan fingerprint density at radius 3 is 2.36 bits per heavy atom. The molecule has 0 N–H and O–H groups in total. The van der Waals surface area contributed by atoms with Crippen LogP contribution < -0.4 is 0 Å². The van der Waals surface area contributed by atoms with Crippen molar-refractivity contribution in [3.63, 3.8) is 0 Å². The molecule has 0 saturated carbocycles. The van der Waals surface area contributed by atoms with E-state index >= 15 is 0 Å². The third kappa shape index (κ3) is 4.59. The molecule has 0 heterocycles. The van der Waals surface area contributed by atoms with Gasteiger partial charge >= 0.3 is 5.97 Å². The predicted octanol–water partition coefficient (Wildman–Crippen LogP) is 3.69. The molecule has 1 unspecified atom stereocenters. The van der Waals surface area contributed by atoms with Gasteiger partial charge in [-0.3, -0.25) is 9.59 Å². The Morgan fingerprint density at radius 1 is 1.08 bits per heavy atom. The Kier molecular flexibility index (Phi) is 6.17. The number of ketones is 2. The van der Waals surface area contributed by atoms with Crippen molar-refractivity contribution in [2.75, 3.05) is 6.61 Å². The number of carbonyl (C=O) groups is 3. The zero-order valence-electron chi connectivity index (χ0n) is 14.1. The Morgan fingerprint density at radius 2 is 1.76 bits per heavy atom. The van der Waals surface area contributed by atoms with E-state index in [-0.39, 0.29) is 6.61 Å². The van der Waals surface area contributed by atoms with E-state index in [1.54, 1.807) is 38.1 Å². The Balaban J connectivity index is 2.13. The van der Waals surface area contributed by atoms with Crippen LogP contribution in [0.3, 0.4) is 0 Å². The second-order valence-corrected chi connectivity index (χ2v) is 5.61. The number of hydrogen-bond acceptors (Lipinski definition) is 4. The minimum atomic E-state index is -1.02. The fourth-order valence-corrected chi connectivity index (χ4v) is 2.43. The van der Waals surface area contributed by atoms with Crippen molar-refractivity contribution in [1.82, 2.24) is 0 Å². The molecule has 0 fully saturated rings. The maximum Gasteiger partial charge on any atom is 0.375 e. The average molecular weight is 342 g/mol. The largest absolute Gasteiger partial charge is 0.460 e. The SMILES string of the molecule is CCOC(=O)C(=O)CC(=O)C(C)c1ccc(-c2ccccc2)c(F)c1. The van der Waals surface area contributed by atoms with Gasteiger partial charge in [0, 0.05) is 11.5 Å². The molecule has 2 aromatic carbocycles. The van der Waals surface area contributed by atoms with Crippen LogP contribution in [0.1, 0.15) is 31.7 Å². The van der Waals surface area contributed by atoms with Crippen molar-refractivity contribution < 1.29 is 23.5 Å². The van der Waals surface area contributed by atoms with Crippen LogP contribution in [0.25, 0.3) is 11.1 Å². The van der Waals surface area contributed by atoms with E-state index in [0.717, 1.165) is 5.56 Å². The lowest BCUT2D eigenvalue weighted by Crippen LogP contribution is -2.23. The van der Waals surface area contributed by atoms with Gasteiger partial charge in [-0.05, 0) is 24.1 Å². The number of ether oxygens (including phenoxy) is 1. The zero-order chi connectivity index (χ0) is 18.4. The molecule has 1 atom stereocenters. The van der Waals surface area contributed by atoms with Crippen molar-refractivity contribution in [1.29, 1.82) is 0 Å². The van der Waals surface area contributed by atoms with Gasteiger partial charge in [-0.15, -0.1) is 0 Å². The molecule has 0 radical (unpaired) electrons. The van der Waals surface area contributed by atoms with Crippen molar-refractivity contribution in [3.8, 4) is 11.1 Å². The molecule has 4 nitrogen and oxygen atoms in total. The maximum absolute atomic E-state index is 14.4. The summed E-state index contributed by atoms with van der Waals surface area (Å²) in [5.41, 5.74) is 1.63. The molecule has 0 aliphatic heterocycles. The molecule has 0 amide bonds. The third-order valence-corrected chi connectivity index (χ3v) is 3.90. The van der Waals surface area contributed by atoms with Gasteiger partial charge in [-0.1, -0.05) is 49.4 Å². The maximum atomic E-state index is 14.4. The normalized spacial score (nSPS) is 11.6. The first kappa shape index (κ1) is 18.5. The van der Waals surface area contributed by atoms with Gasteiger partial charge < -0.3 is 4.74 Å². The van der Waals surface area contributed by atoms with Gasteiger partial charge in [0.05, 0.1) is 13.0 Å². The molecular formula is C20H19FO4. The summed E-state index contributed by atoms with van der Waals surface area (Å²) in [6.45, 7) is 3.23. The van der Waals surface area contributed by atoms with E-state index in [0.29, 0.717) is 11.1 Å². The first-order chi connectivity index (χ1) is 11.9. The number of esters is 1. The Hall–Kier alpha value is -2.82. The highest BCUT2D eigenvalue weighted by molar-refractivity contribution is 6.37. The van der Waals surface area contributed by atoms with Crippen molar-refractivity contribution in [2.45, 2.75) is 26.2 Å². The van der Waals surface area contributed by atoms with Gasteiger partial charge in [-0.25, -0.2) is 9.18 Å². The molecule has 25 heavy (non-hydrogen) atoms. The third-order valence-electron chi connectivity index (χ3n) is 3.90. The minimum absolute atomic E-state index is 0.0699. The van der Waals surface area contributed by atoms with Gasteiger partial charge in [0.25, 0.3) is 0 Å². The molecule has 0 saturated heterocycles. The average Bonchev–Trinajstić information content (AvgIpc) is 2.61. The highest BCUT2D eigenvalue weighted by atomic mass is 19.1. The quantitative estimate of drug-likeness (QED) is 0.437. The summed E-state index contributed by atoms with van der Waals surface area (Å²) >= 11 is 0. The summed E-state index contributed by atoms with van der Waals surface area (Å²) in [6.07, 6.45) is -0.554. The minimum Gasteiger partial charge on any atom is -0.460 e. The lowest BCUT2D eigenvalue weighted by molar-refractivity contribution is -0.154. The topological polar surface area (TPSA) is 60.4 Å². The first-order valence-corrected chi connectivity index (χ1v) is 8.01. The van der Waals surface area contributed by atoms with E-state index in [2.05, 4.69) is 4.74 Å². The summed E-state index contributed by atoms with van der Waals surface area (Å²) < 4.78 is 19.0. The summed E-state index contributed by atoms with van der Waals surface area (Å²) in [5.74, 6) is -3.50. The smallest absolute Gasteiger partial charge is 0.375 e. The van der Waals surface area contributed by atoms with Gasteiger partial charge in [0.1, 0.15) is 11.6 Å². The zero-order valence-corrected chi connectivity index (χ0v) is 14.1. The van der Waals surface area contributed by atoms with Crippen LogP contribution >= 0.6 is 0 Å². The molecule has 0 aliphatic carbocycles. The number of halogens is 1. The molecular weight excluding hydrogens is 323 g/mol. The molecule has 2 aromatic rings. The number of Topliss-reactive ketones (excluding diaryl/α,β-unsaturated/α-hetero) is 2. The summed E-state index contributed by atoms with van der Waals surface area (Å²) in [6, 6.07) is 13.6. The van der Waals surface area contributed by atoms with Gasteiger partial charge in [0.15, 0.2) is 0 Å². The first-order valence-electron chi connectivity index (χ1n) is 8.01. The predicted molar refractivity (Wildman–Crippen MR) is 91.5 cm³/mol. The second-order valence-electron chi connectivity index (χ2n) is 5.61. The monoisotopic (exact) mass is 342 g/mol. The van der Waals surface area contributed by atoms with E-state index in [4.69, 9.17) is 0 Å². The standard InChI is InChI=1S/C20H19FO4/c1-3-25-20(24)19(23)12-18(22)13(2)15-9-10-16(17(21)11-15)14-7-5-4-6-8-14/h4-11,13H,3,12H2,1-2H3. The van der Waals surface area contributed by atoms with Gasteiger partial charge in [-0.2, -0.15) is 0 Å². The van der Waals surface area contributed by atoms with Crippen LogP contribution in [0.5, 0.6) is 0 Å². The highest BCUT2D eigenvalue weighted by Crippen LogP contribution is 2.27. The molecule has 2 rings (SSSR count). The van der Waals surface area contributed by atoms with Crippen LogP contribution in [0.2, 0.25) is 0 Å². The summed E-state index contributed by atoms with van der Waals surface area (Å²) in [4.78, 5) is 35.1. The van der Waals surface area contributed by atoms with Crippen LogP contribution in [0.4, 0.5) is 4.39 Å². The molecule has 0 aliphatic rings. The second kappa shape index (κ2) is 8.33.